The van der Waals surface area contributed by atoms with Gasteiger partial charge in [0, 0.05) is 6.42 Å². The van der Waals surface area contributed by atoms with E-state index in [1.807, 2.05) is 0 Å². The number of rotatable bonds is 4. The zero-order chi connectivity index (χ0) is 10.7. The lowest BCUT2D eigenvalue weighted by molar-refractivity contribution is 0.395. The van der Waals surface area contributed by atoms with Crippen LogP contribution in [0.2, 0.25) is 0 Å². The topological polar surface area (TPSA) is 91.0 Å². The summed E-state index contributed by atoms with van der Waals surface area (Å²) in [6, 6.07) is 0. The highest BCUT2D eigenvalue weighted by Gasteiger charge is 2.13. The molecule has 0 unspecified atom stereocenters. The SMILES string of the molecule is Cc1oncc1-c1nc(CCCN)no1. The Kier molecular flexibility index (Phi) is 2.77. The highest BCUT2D eigenvalue weighted by Crippen LogP contribution is 2.20. The summed E-state index contributed by atoms with van der Waals surface area (Å²) in [4.78, 5) is 4.22. The van der Waals surface area contributed by atoms with Gasteiger partial charge < -0.3 is 14.8 Å². The van der Waals surface area contributed by atoms with Crippen molar-refractivity contribution in [2.75, 3.05) is 6.54 Å². The molecule has 0 saturated carbocycles. The average Bonchev–Trinajstić information content (AvgIpc) is 2.83. The van der Waals surface area contributed by atoms with Gasteiger partial charge in [-0.1, -0.05) is 10.3 Å². The van der Waals surface area contributed by atoms with E-state index in [-0.39, 0.29) is 0 Å². The van der Waals surface area contributed by atoms with Crippen molar-refractivity contribution in [3.05, 3.63) is 17.8 Å². The highest BCUT2D eigenvalue weighted by atomic mass is 16.5. The van der Waals surface area contributed by atoms with E-state index in [1.165, 1.54) is 0 Å². The minimum absolute atomic E-state index is 0.445. The Morgan fingerprint density at radius 2 is 2.27 bits per heavy atom. The fraction of sp³-hybridized carbons (Fsp3) is 0.444. The van der Waals surface area contributed by atoms with Crippen molar-refractivity contribution in [3.8, 4) is 11.5 Å². The molecule has 6 heteroatoms. The van der Waals surface area contributed by atoms with Crippen LogP contribution in [0.5, 0.6) is 0 Å². The van der Waals surface area contributed by atoms with E-state index in [0.717, 1.165) is 18.4 Å². The van der Waals surface area contributed by atoms with Gasteiger partial charge in [-0.15, -0.1) is 0 Å². The van der Waals surface area contributed by atoms with Crippen molar-refractivity contribution in [1.82, 2.24) is 15.3 Å². The third-order valence-electron chi connectivity index (χ3n) is 2.05. The number of aromatic nitrogens is 3. The van der Waals surface area contributed by atoms with Gasteiger partial charge in [0.2, 0.25) is 0 Å². The molecule has 2 rings (SSSR count). The lowest BCUT2D eigenvalue weighted by atomic mass is 10.3. The second kappa shape index (κ2) is 4.22. The van der Waals surface area contributed by atoms with E-state index in [0.29, 0.717) is 24.0 Å². The van der Waals surface area contributed by atoms with Crippen molar-refractivity contribution in [3.63, 3.8) is 0 Å². The Morgan fingerprint density at radius 3 is 2.93 bits per heavy atom. The van der Waals surface area contributed by atoms with Crippen molar-refractivity contribution in [1.29, 1.82) is 0 Å². The van der Waals surface area contributed by atoms with Gasteiger partial charge in [0.1, 0.15) is 11.3 Å². The summed E-state index contributed by atoms with van der Waals surface area (Å²) >= 11 is 0. The first-order valence-electron chi connectivity index (χ1n) is 4.75. The first-order chi connectivity index (χ1) is 7.31. The van der Waals surface area contributed by atoms with Gasteiger partial charge in [-0.05, 0) is 19.9 Å². The Morgan fingerprint density at radius 1 is 1.40 bits per heavy atom. The van der Waals surface area contributed by atoms with Crippen molar-refractivity contribution >= 4 is 0 Å². The fourth-order valence-electron chi connectivity index (χ4n) is 1.23. The van der Waals surface area contributed by atoms with E-state index in [9.17, 15) is 0 Å². The molecule has 0 aromatic carbocycles. The molecule has 0 atom stereocenters. The molecule has 2 aromatic heterocycles. The molecule has 80 valence electrons. The molecule has 2 heterocycles. The lowest BCUT2D eigenvalue weighted by Crippen LogP contribution is -2.01. The van der Waals surface area contributed by atoms with Gasteiger partial charge in [0.05, 0.1) is 6.20 Å². The molecule has 0 aliphatic heterocycles. The van der Waals surface area contributed by atoms with Crippen LogP contribution in [0.15, 0.2) is 15.2 Å². The molecular weight excluding hydrogens is 196 g/mol. The average molecular weight is 208 g/mol. The van der Waals surface area contributed by atoms with Gasteiger partial charge in [-0.3, -0.25) is 0 Å². The van der Waals surface area contributed by atoms with Crippen molar-refractivity contribution in [2.24, 2.45) is 5.73 Å². The standard InChI is InChI=1S/C9H12N4O2/c1-6-7(5-11-14-6)9-12-8(13-15-9)3-2-4-10/h5H,2-4,10H2,1H3. The summed E-state index contributed by atoms with van der Waals surface area (Å²) in [5.74, 6) is 1.78. The monoisotopic (exact) mass is 208 g/mol. The number of nitrogens with two attached hydrogens (primary N) is 1. The fourth-order valence-corrected chi connectivity index (χ4v) is 1.23. The van der Waals surface area contributed by atoms with E-state index < -0.39 is 0 Å². The minimum Gasteiger partial charge on any atom is -0.361 e. The van der Waals surface area contributed by atoms with Crippen molar-refractivity contribution in [2.45, 2.75) is 19.8 Å². The molecule has 2 aromatic rings. The number of hydrogen-bond acceptors (Lipinski definition) is 6. The molecule has 0 amide bonds. The summed E-state index contributed by atoms with van der Waals surface area (Å²) < 4.78 is 10.00. The number of nitrogens with zero attached hydrogens (tertiary/aromatic N) is 3. The summed E-state index contributed by atoms with van der Waals surface area (Å²) in [7, 11) is 0. The van der Waals surface area contributed by atoms with Gasteiger partial charge in [0.15, 0.2) is 5.82 Å². The maximum atomic E-state index is 5.39. The van der Waals surface area contributed by atoms with E-state index in [1.54, 1.807) is 13.1 Å². The molecular formula is C9H12N4O2. The predicted molar refractivity (Wildman–Crippen MR) is 51.9 cm³/mol. The van der Waals surface area contributed by atoms with E-state index in [2.05, 4.69) is 15.3 Å². The van der Waals surface area contributed by atoms with Crippen LogP contribution < -0.4 is 5.73 Å². The van der Waals surface area contributed by atoms with Gasteiger partial charge in [-0.25, -0.2) is 0 Å². The van der Waals surface area contributed by atoms with Crippen LogP contribution >= 0.6 is 0 Å². The van der Waals surface area contributed by atoms with Crippen molar-refractivity contribution < 1.29 is 9.05 Å². The Balaban J connectivity index is 2.17. The molecule has 15 heavy (non-hydrogen) atoms. The zero-order valence-corrected chi connectivity index (χ0v) is 8.43. The smallest absolute Gasteiger partial charge is 0.263 e. The van der Waals surface area contributed by atoms with Crippen LogP contribution in [0.4, 0.5) is 0 Å². The van der Waals surface area contributed by atoms with Gasteiger partial charge in [0.25, 0.3) is 5.89 Å². The molecule has 6 nitrogen and oxygen atoms in total. The van der Waals surface area contributed by atoms with Crippen LogP contribution in [-0.2, 0) is 6.42 Å². The molecule has 0 aliphatic rings. The predicted octanol–water partition coefficient (Wildman–Crippen LogP) is 0.924. The number of hydrogen-bond donors (Lipinski definition) is 1. The van der Waals surface area contributed by atoms with Crippen LogP contribution in [0, 0.1) is 6.92 Å². The zero-order valence-electron chi connectivity index (χ0n) is 8.43. The Bertz CT molecular complexity index is 435. The molecule has 0 saturated heterocycles. The molecule has 0 radical (unpaired) electrons. The third-order valence-corrected chi connectivity index (χ3v) is 2.05. The molecule has 0 fully saturated rings. The summed E-state index contributed by atoms with van der Waals surface area (Å²) in [5, 5.41) is 7.49. The van der Waals surface area contributed by atoms with Crippen LogP contribution in [0.25, 0.3) is 11.5 Å². The highest BCUT2D eigenvalue weighted by molar-refractivity contribution is 5.53. The summed E-state index contributed by atoms with van der Waals surface area (Å²) in [6.07, 6.45) is 3.14. The minimum atomic E-state index is 0.445. The Labute approximate surface area is 86.4 Å². The third kappa shape index (κ3) is 2.04. The van der Waals surface area contributed by atoms with Crippen LogP contribution in [0.1, 0.15) is 18.0 Å². The summed E-state index contributed by atoms with van der Waals surface area (Å²) in [5.41, 5.74) is 6.13. The normalized spacial score (nSPS) is 10.8. The molecule has 2 N–H and O–H groups in total. The maximum absolute atomic E-state index is 5.39. The first-order valence-corrected chi connectivity index (χ1v) is 4.75. The van der Waals surface area contributed by atoms with E-state index in [4.69, 9.17) is 14.8 Å². The van der Waals surface area contributed by atoms with Gasteiger partial charge >= 0.3 is 0 Å². The molecule has 0 spiro atoms. The number of aryl methyl sites for hydroxylation is 2. The van der Waals surface area contributed by atoms with Crippen LogP contribution in [-0.4, -0.2) is 21.8 Å². The largest absolute Gasteiger partial charge is 0.361 e. The Hall–Kier alpha value is -1.69. The van der Waals surface area contributed by atoms with E-state index >= 15 is 0 Å². The second-order valence-electron chi connectivity index (χ2n) is 3.20. The second-order valence-corrected chi connectivity index (χ2v) is 3.20. The quantitative estimate of drug-likeness (QED) is 0.803. The van der Waals surface area contributed by atoms with Gasteiger partial charge in [-0.2, -0.15) is 4.98 Å². The first kappa shape index (κ1) is 9.85. The summed E-state index contributed by atoms with van der Waals surface area (Å²) in [6.45, 7) is 2.42. The van der Waals surface area contributed by atoms with Crippen LogP contribution in [0.3, 0.4) is 0 Å². The lowest BCUT2D eigenvalue weighted by Gasteiger charge is -1.88. The molecule has 0 bridgehead atoms. The maximum Gasteiger partial charge on any atom is 0.263 e. The molecule has 0 aliphatic carbocycles.